The van der Waals surface area contributed by atoms with Gasteiger partial charge in [-0.3, -0.25) is 4.98 Å². The van der Waals surface area contributed by atoms with E-state index in [0.29, 0.717) is 17.1 Å². The third-order valence-corrected chi connectivity index (χ3v) is 3.42. The van der Waals surface area contributed by atoms with Crippen molar-refractivity contribution in [2.45, 2.75) is 6.92 Å². The number of rotatable bonds is 2. The summed E-state index contributed by atoms with van der Waals surface area (Å²) in [5.74, 6) is 0.739. The molecule has 0 atom stereocenters. The molecule has 0 saturated carbocycles. The molecule has 6 heteroatoms. The smallest absolute Gasteiger partial charge is 0.262 e. The van der Waals surface area contributed by atoms with Gasteiger partial charge in [-0.1, -0.05) is 11.2 Å². The van der Waals surface area contributed by atoms with Gasteiger partial charge in [0.1, 0.15) is 11.4 Å². The Morgan fingerprint density at radius 3 is 2.85 bits per heavy atom. The highest BCUT2D eigenvalue weighted by atomic mass is 79.9. The molecule has 0 bridgehead atoms. The van der Waals surface area contributed by atoms with Gasteiger partial charge in [-0.05, 0) is 52.7 Å². The van der Waals surface area contributed by atoms with Crippen molar-refractivity contribution < 1.29 is 9.63 Å². The van der Waals surface area contributed by atoms with Crippen molar-refractivity contribution in [3.8, 4) is 28.7 Å². The molecule has 2 aromatic heterocycles. The van der Waals surface area contributed by atoms with Gasteiger partial charge >= 0.3 is 0 Å². The van der Waals surface area contributed by atoms with E-state index in [-0.39, 0.29) is 11.6 Å². The van der Waals surface area contributed by atoms with Crippen molar-refractivity contribution in [3.05, 3.63) is 46.6 Å². The van der Waals surface area contributed by atoms with E-state index >= 15 is 0 Å². The molecule has 100 valence electrons. The van der Waals surface area contributed by atoms with Crippen LogP contribution in [0, 0.1) is 6.92 Å². The largest absolute Gasteiger partial charge is 0.507 e. The van der Waals surface area contributed by atoms with Gasteiger partial charge in [-0.25, -0.2) is 0 Å². The summed E-state index contributed by atoms with van der Waals surface area (Å²) in [6.45, 7) is 1.90. The van der Waals surface area contributed by atoms with Crippen LogP contribution in [0.4, 0.5) is 0 Å². The Morgan fingerprint density at radius 2 is 2.10 bits per heavy atom. The van der Waals surface area contributed by atoms with Crippen LogP contribution in [0.2, 0.25) is 0 Å². The molecular formula is C14H10BrN3O2. The predicted octanol–water partition coefficient (Wildman–Crippen LogP) is 3.58. The molecule has 1 N–H and O–H groups in total. The highest BCUT2D eigenvalue weighted by molar-refractivity contribution is 9.10. The number of aromatic hydroxyl groups is 1. The van der Waals surface area contributed by atoms with E-state index < -0.39 is 0 Å². The molecule has 0 amide bonds. The normalized spacial score (nSPS) is 10.7. The Balaban J connectivity index is 2.04. The SMILES string of the molecule is Cc1ccc(-c2nc(-c3ncccc3Br)no2)c(O)c1. The topological polar surface area (TPSA) is 72.0 Å². The summed E-state index contributed by atoms with van der Waals surface area (Å²) in [6.07, 6.45) is 1.65. The Kier molecular flexibility index (Phi) is 3.23. The molecule has 3 aromatic rings. The average molecular weight is 332 g/mol. The van der Waals surface area contributed by atoms with Crippen molar-refractivity contribution >= 4 is 15.9 Å². The van der Waals surface area contributed by atoms with Gasteiger partial charge in [0.2, 0.25) is 5.82 Å². The first-order valence-corrected chi connectivity index (χ1v) is 6.69. The van der Waals surface area contributed by atoms with Crippen LogP contribution in [0.25, 0.3) is 23.0 Å². The molecule has 0 aliphatic heterocycles. The van der Waals surface area contributed by atoms with E-state index in [4.69, 9.17) is 4.52 Å². The zero-order valence-corrected chi connectivity index (χ0v) is 12.1. The summed E-state index contributed by atoms with van der Waals surface area (Å²) in [6, 6.07) is 8.92. The maximum Gasteiger partial charge on any atom is 0.262 e. The molecule has 20 heavy (non-hydrogen) atoms. The summed E-state index contributed by atoms with van der Waals surface area (Å²) >= 11 is 3.39. The highest BCUT2D eigenvalue weighted by Crippen LogP contribution is 2.31. The number of halogens is 1. The van der Waals surface area contributed by atoms with E-state index in [1.165, 1.54) is 0 Å². The number of nitrogens with zero attached hydrogens (tertiary/aromatic N) is 3. The number of benzene rings is 1. The van der Waals surface area contributed by atoms with Crippen molar-refractivity contribution in [2.75, 3.05) is 0 Å². The molecule has 0 spiro atoms. The number of phenols is 1. The standard InChI is InChI=1S/C14H10BrN3O2/c1-8-4-5-9(11(19)7-8)14-17-13(18-20-14)12-10(15)3-2-6-16-12/h2-7,19H,1H3. The lowest BCUT2D eigenvalue weighted by Gasteiger charge is -1.99. The fourth-order valence-corrected chi connectivity index (χ4v) is 2.23. The van der Waals surface area contributed by atoms with Crippen LogP contribution in [-0.4, -0.2) is 20.2 Å². The zero-order chi connectivity index (χ0) is 14.1. The Labute approximate surface area is 123 Å². The zero-order valence-electron chi connectivity index (χ0n) is 10.5. The van der Waals surface area contributed by atoms with Crippen LogP contribution in [0.5, 0.6) is 5.75 Å². The monoisotopic (exact) mass is 331 g/mol. The van der Waals surface area contributed by atoms with Crippen molar-refractivity contribution in [1.82, 2.24) is 15.1 Å². The molecule has 0 saturated heterocycles. The van der Waals surface area contributed by atoms with Crippen LogP contribution < -0.4 is 0 Å². The molecule has 0 fully saturated rings. The minimum absolute atomic E-state index is 0.111. The van der Waals surface area contributed by atoms with Gasteiger partial charge in [0, 0.05) is 10.7 Å². The summed E-state index contributed by atoms with van der Waals surface area (Å²) in [4.78, 5) is 8.47. The van der Waals surface area contributed by atoms with E-state index in [0.717, 1.165) is 10.0 Å². The van der Waals surface area contributed by atoms with Crippen LogP contribution in [-0.2, 0) is 0 Å². The van der Waals surface area contributed by atoms with Gasteiger partial charge in [0.15, 0.2) is 0 Å². The summed E-state index contributed by atoms with van der Waals surface area (Å²) in [7, 11) is 0. The van der Waals surface area contributed by atoms with E-state index in [2.05, 4.69) is 31.1 Å². The number of pyridine rings is 1. The molecule has 0 aliphatic rings. The highest BCUT2D eigenvalue weighted by Gasteiger charge is 2.16. The predicted molar refractivity (Wildman–Crippen MR) is 77.1 cm³/mol. The molecule has 0 unspecified atom stereocenters. The van der Waals surface area contributed by atoms with Crippen LogP contribution >= 0.6 is 15.9 Å². The molecule has 2 heterocycles. The van der Waals surface area contributed by atoms with Crippen LogP contribution in [0.15, 0.2) is 45.5 Å². The summed E-state index contributed by atoms with van der Waals surface area (Å²) in [5, 5.41) is 13.8. The van der Waals surface area contributed by atoms with Gasteiger partial charge in [-0.15, -0.1) is 0 Å². The van der Waals surface area contributed by atoms with E-state index in [9.17, 15) is 5.11 Å². The number of aromatic nitrogens is 3. The second-order valence-corrected chi connectivity index (χ2v) is 5.13. The Hall–Kier alpha value is -2.21. The average Bonchev–Trinajstić information content (AvgIpc) is 2.88. The maximum absolute atomic E-state index is 9.93. The van der Waals surface area contributed by atoms with Gasteiger partial charge in [0.25, 0.3) is 5.89 Å². The lowest BCUT2D eigenvalue weighted by atomic mass is 10.1. The molecule has 5 nitrogen and oxygen atoms in total. The second kappa shape index (κ2) is 5.05. The lowest BCUT2D eigenvalue weighted by molar-refractivity contribution is 0.425. The fourth-order valence-electron chi connectivity index (χ4n) is 1.80. The second-order valence-electron chi connectivity index (χ2n) is 4.28. The van der Waals surface area contributed by atoms with Gasteiger partial charge in [0.05, 0.1) is 5.56 Å². The minimum Gasteiger partial charge on any atom is -0.507 e. The van der Waals surface area contributed by atoms with Crippen LogP contribution in [0.1, 0.15) is 5.56 Å². The maximum atomic E-state index is 9.93. The molecular weight excluding hydrogens is 322 g/mol. The van der Waals surface area contributed by atoms with Gasteiger partial charge in [-0.2, -0.15) is 4.98 Å². The first-order valence-electron chi connectivity index (χ1n) is 5.90. The molecule has 0 radical (unpaired) electrons. The van der Waals surface area contributed by atoms with Crippen molar-refractivity contribution in [2.24, 2.45) is 0 Å². The first-order chi connectivity index (χ1) is 9.65. The van der Waals surface area contributed by atoms with E-state index in [1.807, 2.05) is 19.1 Å². The third kappa shape index (κ3) is 2.30. The lowest BCUT2D eigenvalue weighted by Crippen LogP contribution is -1.87. The van der Waals surface area contributed by atoms with Crippen LogP contribution in [0.3, 0.4) is 0 Å². The first kappa shape index (κ1) is 12.8. The minimum atomic E-state index is 0.111. The molecule has 1 aromatic carbocycles. The molecule has 0 aliphatic carbocycles. The Morgan fingerprint density at radius 1 is 1.25 bits per heavy atom. The molecule has 3 rings (SSSR count). The Bertz CT molecular complexity index is 771. The van der Waals surface area contributed by atoms with E-state index in [1.54, 1.807) is 24.4 Å². The number of phenolic OH excluding ortho intramolecular Hbond substituents is 1. The quantitative estimate of drug-likeness (QED) is 0.777. The summed E-state index contributed by atoms with van der Waals surface area (Å²) in [5.41, 5.74) is 2.05. The van der Waals surface area contributed by atoms with Gasteiger partial charge < -0.3 is 9.63 Å². The number of hydrogen-bond donors (Lipinski definition) is 1. The number of hydrogen-bond acceptors (Lipinski definition) is 5. The third-order valence-electron chi connectivity index (χ3n) is 2.78. The van der Waals surface area contributed by atoms with Crippen molar-refractivity contribution in [1.29, 1.82) is 0 Å². The number of aryl methyl sites for hydroxylation is 1. The van der Waals surface area contributed by atoms with Crippen molar-refractivity contribution in [3.63, 3.8) is 0 Å². The summed E-state index contributed by atoms with van der Waals surface area (Å²) < 4.78 is 5.98. The fraction of sp³-hybridized carbons (Fsp3) is 0.0714.